The Bertz CT molecular complexity index is 734. The van der Waals surface area contributed by atoms with Gasteiger partial charge in [-0.15, -0.1) is 0 Å². The number of benzene rings is 1. The third-order valence-corrected chi connectivity index (χ3v) is 3.57. The molecule has 1 unspecified atom stereocenters. The third-order valence-electron chi connectivity index (χ3n) is 3.57. The van der Waals surface area contributed by atoms with Crippen molar-refractivity contribution in [3.63, 3.8) is 0 Å². The number of nitrogens with zero attached hydrogens (tertiary/aromatic N) is 3. The van der Waals surface area contributed by atoms with Gasteiger partial charge >= 0.3 is 0 Å². The number of hydrogen-bond donors (Lipinski definition) is 1. The minimum atomic E-state index is -0.652. The zero-order valence-corrected chi connectivity index (χ0v) is 12.3. The van der Waals surface area contributed by atoms with Crippen LogP contribution in [0.3, 0.4) is 0 Å². The summed E-state index contributed by atoms with van der Waals surface area (Å²) in [6.45, 7) is 0.727. The van der Waals surface area contributed by atoms with E-state index in [-0.39, 0.29) is 0 Å². The van der Waals surface area contributed by atoms with Gasteiger partial charge in [0.1, 0.15) is 6.10 Å². The van der Waals surface area contributed by atoms with Gasteiger partial charge in [0.25, 0.3) is 0 Å². The molecule has 0 radical (unpaired) electrons. The molecule has 4 nitrogen and oxygen atoms in total. The van der Waals surface area contributed by atoms with Crippen molar-refractivity contribution < 1.29 is 5.11 Å². The van der Waals surface area contributed by atoms with E-state index in [1.165, 1.54) is 0 Å². The van der Waals surface area contributed by atoms with E-state index >= 15 is 0 Å². The lowest BCUT2D eigenvalue weighted by molar-refractivity contribution is 0.203. The molecule has 0 saturated heterocycles. The van der Waals surface area contributed by atoms with Gasteiger partial charge in [0.05, 0.1) is 12.4 Å². The molecule has 1 atom stereocenters. The number of fused-ring (bicyclic) bond motifs is 1. The molecule has 4 heteroatoms. The Balaban J connectivity index is 2.12. The molecular formula is C17H19N3O. The quantitative estimate of drug-likeness (QED) is 0.799. The van der Waals surface area contributed by atoms with E-state index in [9.17, 15) is 5.11 Å². The lowest BCUT2D eigenvalue weighted by Crippen LogP contribution is -2.19. The van der Waals surface area contributed by atoms with Crippen LogP contribution in [-0.4, -0.2) is 33.7 Å². The monoisotopic (exact) mass is 281 g/mol. The second-order valence-electron chi connectivity index (χ2n) is 5.46. The number of aliphatic hydroxyl groups is 1. The molecule has 0 bridgehead atoms. The lowest BCUT2D eigenvalue weighted by atomic mass is 10.1. The van der Waals surface area contributed by atoms with Crippen molar-refractivity contribution in [1.82, 2.24) is 14.5 Å². The van der Waals surface area contributed by atoms with Gasteiger partial charge in [-0.1, -0.05) is 18.2 Å². The summed E-state index contributed by atoms with van der Waals surface area (Å²) in [7, 11) is 4.05. The molecule has 0 aliphatic heterocycles. The Hall–Kier alpha value is -2.17. The van der Waals surface area contributed by atoms with Crippen LogP contribution in [0.1, 0.15) is 17.4 Å². The Kier molecular flexibility index (Phi) is 3.73. The predicted octanol–water partition coefficient (Wildman–Crippen LogP) is 2.64. The van der Waals surface area contributed by atoms with Crippen LogP contribution in [0, 0.1) is 0 Å². The van der Waals surface area contributed by atoms with Crippen LogP contribution in [-0.2, 0) is 6.67 Å². The first-order valence-corrected chi connectivity index (χ1v) is 6.97. The number of aromatic nitrogens is 2. The maximum Gasteiger partial charge on any atom is 0.119 e. The summed E-state index contributed by atoms with van der Waals surface area (Å²) in [4.78, 5) is 6.10. The van der Waals surface area contributed by atoms with Gasteiger partial charge in [0.2, 0.25) is 0 Å². The van der Waals surface area contributed by atoms with Crippen LogP contribution in [0.2, 0.25) is 0 Å². The Morgan fingerprint density at radius 1 is 1.14 bits per heavy atom. The normalized spacial score (nSPS) is 13.0. The number of hydrogen-bond acceptors (Lipinski definition) is 3. The first-order chi connectivity index (χ1) is 10.2. The molecule has 0 fully saturated rings. The molecule has 3 aromatic rings. The fourth-order valence-corrected chi connectivity index (χ4v) is 2.62. The van der Waals surface area contributed by atoms with Crippen molar-refractivity contribution in [3.8, 4) is 0 Å². The highest BCUT2D eigenvalue weighted by molar-refractivity contribution is 5.81. The zero-order valence-electron chi connectivity index (χ0n) is 12.3. The summed E-state index contributed by atoms with van der Waals surface area (Å²) in [5, 5.41) is 11.9. The van der Waals surface area contributed by atoms with Crippen LogP contribution in [0.4, 0.5) is 0 Å². The molecule has 21 heavy (non-hydrogen) atoms. The van der Waals surface area contributed by atoms with Crippen LogP contribution in [0.5, 0.6) is 0 Å². The van der Waals surface area contributed by atoms with E-state index in [2.05, 4.69) is 32.7 Å². The summed E-state index contributed by atoms with van der Waals surface area (Å²) >= 11 is 0. The number of rotatable bonds is 4. The summed E-state index contributed by atoms with van der Waals surface area (Å²) < 4.78 is 2.15. The topological polar surface area (TPSA) is 41.3 Å². The van der Waals surface area contributed by atoms with Crippen molar-refractivity contribution in [1.29, 1.82) is 0 Å². The van der Waals surface area contributed by atoms with Crippen LogP contribution >= 0.6 is 0 Å². The first-order valence-electron chi connectivity index (χ1n) is 6.97. The van der Waals surface area contributed by atoms with Crippen LogP contribution < -0.4 is 0 Å². The second kappa shape index (κ2) is 5.68. The highest BCUT2D eigenvalue weighted by Crippen LogP contribution is 2.28. The van der Waals surface area contributed by atoms with Crippen molar-refractivity contribution in [2.75, 3.05) is 14.1 Å². The summed E-state index contributed by atoms with van der Waals surface area (Å²) in [5.41, 5.74) is 2.89. The molecule has 3 rings (SSSR count). The highest BCUT2D eigenvalue weighted by atomic mass is 16.3. The van der Waals surface area contributed by atoms with Gasteiger partial charge in [-0.25, -0.2) is 0 Å². The minimum Gasteiger partial charge on any atom is -0.382 e. The van der Waals surface area contributed by atoms with Crippen LogP contribution in [0.25, 0.3) is 10.9 Å². The molecule has 1 aromatic carbocycles. The van der Waals surface area contributed by atoms with E-state index in [1.807, 2.05) is 38.4 Å². The summed E-state index contributed by atoms with van der Waals surface area (Å²) in [6, 6.07) is 14.0. The lowest BCUT2D eigenvalue weighted by Gasteiger charge is -2.19. The molecule has 2 heterocycles. The smallest absolute Gasteiger partial charge is 0.119 e. The standard InChI is InChI=1S/C17H19N3O/c1-19(2)12-20-15-6-4-3-5-14(15)11-16(20)17(21)13-7-9-18-10-8-13/h3-11,17,21H,12H2,1-2H3. The van der Waals surface area contributed by atoms with Crippen molar-refractivity contribution in [2.24, 2.45) is 0 Å². The predicted molar refractivity (Wildman–Crippen MR) is 83.9 cm³/mol. The maximum absolute atomic E-state index is 10.7. The average molecular weight is 281 g/mol. The van der Waals surface area contributed by atoms with Gasteiger partial charge in [-0.05, 0) is 43.9 Å². The van der Waals surface area contributed by atoms with E-state index in [0.717, 1.165) is 28.8 Å². The van der Waals surface area contributed by atoms with E-state index < -0.39 is 6.10 Å². The van der Waals surface area contributed by atoms with Gasteiger partial charge in [-0.2, -0.15) is 0 Å². The number of aliphatic hydroxyl groups excluding tert-OH is 1. The second-order valence-corrected chi connectivity index (χ2v) is 5.46. The van der Waals surface area contributed by atoms with Gasteiger partial charge in [0, 0.05) is 23.3 Å². The summed E-state index contributed by atoms with van der Waals surface area (Å²) in [6.07, 6.45) is 2.76. The third kappa shape index (κ3) is 2.68. The molecular weight excluding hydrogens is 262 g/mol. The van der Waals surface area contributed by atoms with Gasteiger partial charge in [0.15, 0.2) is 0 Å². The van der Waals surface area contributed by atoms with Crippen molar-refractivity contribution >= 4 is 10.9 Å². The van der Waals surface area contributed by atoms with Gasteiger partial charge < -0.3 is 9.67 Å². The van der Waals surface area contributed by atoms with Crippen molar-refractivity contribution in [3.05, 3.63) is 66.1 Å². The SMILES string of the molecule is CN(C)Cn1c(C(O)c2ccncc2)cc2ccccc21. The Morgan fingerprint density at radius 3 is 2.57 bits per heavy atom. The molecule has 108 valence electrons. The van der Waals surface area contributed by atoms with E-state index in [4.69, 9.17) is 0 Å². The van der Waals surface area contributed by atoms with Gasteiger partial charge in [-0.3, -0.25) is 9.88 Å². The Labute approximate surface area is 124 Å². The van der Waals surface area contributed by atoms with E-state index in [1.54, 1.807) is 12.4 Å². The number of pyridine rings is 1. The molecule has 0 amide bonds. The number of para-hydroxylation sites is 1. The Morgan fingerprint density at radius 2 is 1.86 bits per heavy atom. The maximum atomic E-state index is 10.7. The molecule has 1 N–H and O–H groups in total. The molecule has 0 spiro atoms. The molecule has 0 aliphatic carbocycles. The molecule has 2 aromatic heterocycles. The van der Waals surface area contributed by atoms with Crippen LogP contribution in [0.15, 0.2) is 54.9 Å². The minimum absolute atomic E-state index is 0.652. The largest absolute Gasteiger partial charge is 0.382 e. The average Bonchev–Trinajstić information content (AvgIpc) is 2.86. The zero-order chi connectivity index (χ0) is 14.8. The fraction of sp³-hybridized carbons (Fsp3) is 0.235. The van der Waals surface area contributed by atoms with E-state index in [0.29, 0.717) is 0 Å². The molecule has 0 saturated carbocycles. The molecule has 0 aliphatic rings. The van der Waals surface area contributed by atoms with Crippen molar-refractivity contribution in [2.45, 2.75) is 12.8 Å². The summed E-state index contributed by atoms with van der Waals surface area (Å²) in [5.74, 6) is 0. The first kappa shape index (κ1) is 13.8. The highest BCUT2D eigenvalue weighted by Gasteiger charge is 2.18. The fourth-order valence-electron chi connectivity index (χ4n) is 2.62.